The van der Waals surface area contributed by atoms with Gasteiger partial charge in [0.25, 0.3) is 0 Å². The summed E-state index contributed by atoms with van der Waals surface area (Å²) >= 11 is 11.9. The highest BCUT2D eigenvalue weighted by Crippen LogP contribution is 2.40. The summed E-state index contributed by atoms with van der Waals surface area (Å²) in [5.74, 6) is -0.207. The predicted octanol–water partition coefficient (Wildman–Crippen LogP) is 4.60. The standard InChI is InChI=1S/C11H11Cl2O/c1-4-11(2,3)9-7(12)5-6-8(14)10(9)13/h4-6H,1H2,2-3H3. The minimum absolute atomic E-state index is 0.183. The van der Waals surface area contributed by atoms with Gasteiger partial charge in [0.1, 0.15) is 0 Å². The van der Waals surface area contributed by atoms with Gasteiger partial charge < -0.3 is 0 Å². The van der Waals surface area contributed by atoms with Crippen LogP contribution in [0.1, 0.15) is 19.4 Å². The molecule has 0 aliphatic rings. The third kappa shape index (κ3) is 1.89. The quantitative estimate of drug-likeness (QED) is 0.661. The van der Waals surface area contributed by atoms with Crippen LogP contribution in [0.15, 0.2) is 24.8 Å². The van der Waals surface area contributed by atoms with Crippen molar-refractivity contribution in [3.63, 3.8) is 0 Å². The number of hydrogen-bond donors (Lipinski definition) is 0. The highest BCUT2D eigenvalue weighted by Gasteiger charge is 2.24. The van der Waals surface area contributed by atoms with Gasteiger partial charge in [0.05, 0.1) is 5.02 Å². The Morgan fingerprint density at radius 1 is 1.36 bits per heavy atom. The lowest BCUT2D eigenvalue weighted by Crippen LogP contribution is -2.14. The van der Waals surface area contributed by atoms with Gasteiger partial charge in [0.2, 0.25) is 0 Å². The van der Waals surface area contributed by atoms with Crippen LogP contribution in [-0.2, 0) is 10.5 Å². The largest absolute Gasteiger partial charge is 0.288 e. The Morgan fingerprint density at radius 3 is 2.43 bits per heavy atom. The van der Waals surface area contributed by atoms with Crippen molar-refractivity contribution in [1.29, 1.82) is 0 Å². The van der Waals surface area contributed by atoms with Crippen LogP contribution >= 0.6 is 23.2 Å². The second-order valence-corrected chi connectivity index (χ2v) is 4.45. The second kappa shape index (κ2) is 3.84. The van der Waals surface area contributed by atoms with Crippen molar-refractivity contribution in [3.05, 3.63) is 40.4 Å². The zero-order valence-electron chi connectivity index (χ0n) is 8.10. The SMILES string of the molecule is C=CC(C)(C)c1c(Cl)ccc([O])c1Cl. The molecule has 1 nitrogen and oxygen atoms in total. The lowest BCUT2D eigenvalue weighted by atomic mass is 9.84. The molecule has 14 heavy (non-hydrogen) atoms. The van der Waals surface area contributed by atoms with Crippen LogP contribution in [0.25, 0.3) is 0 Å². The molecule has 1 radical (unpaired) electrons. The molecule has 0 fully saturated rings. The topological polar surface area (TPSA) is 19.9 Å². The summed E-state index contributed by atoms with van der Waals surface area (Å²) in [6, 6.07) is 2.93. The van der Waals surface area contributed by atoms with Crippen molar-refractivity contribution in [1.82, 2.24) is 0 Å². The smallest absolute Gasteiger partial charge is 0.197 e. The minimum Gasteiger partial charge on any atom is -0.288 e. The van der Waals surface area contributed by atoms with E-state index < -0.39 is 5.41 Å². The third-order valence-electron chi connectivity index (χ3n) is 2.21. The molecule has 75 valence electrons. The van der Waals surface area contributed by atoms with E-state index in [0.717, 1.165) is 0 Å². The fourth-order valence-electron chi connectivity index (χ4n) is 1.23. The van der Waals surface area contributed by atoms with Crippen LogP contribution in [0.3, 0.4) is 0 Å². The molecule has 1 aromatic carbocycles. The van der Waals surface area contributed by atoms with Crippen LogP contribution in [0, 0.1) is 0 Å². The Balaban J connectivity index is 3.47. The molecule has 0 amide bonds. The molecule has 0 N–H and O–H groups in total. The first kappa shape index (κ1) is 11.4. The Kier molecular flexibility index (Phi) is 3.13. The predicted molar refractivity (Wildman–Crippen MR) is 59.8 cm³/mol. The van der Waals surface area contributed by atoms with Crippen molar-refractivity contribution < 1.29 is 5.11 Å². The fraction of sp³-hybridized carbons (Fsp3) is 0.273. The summed E-state index contributed by atoms with van der Waals surface area (Å²) in [4.78, 5) is 0. The monoisotopic (exact) mass is 229 g/mol. The summed E-state index contributed by atoms with van der Waals surface area (Å²) < 4.78 is 0. The number of rotatable bonds is 2. The average molecular weight is 230 g/mol. The summed E-state index contributed by atoms with van der Waals surface area (Å²) in [5.41, 5.74) is 0.248. The Bertz CT molecular complexity index is 370. The molecule has 0 saturated heterocycles. The van der Waals surface area contributed by atoms with Crippen molar-refractivity contribution >= 4 is 23.2 Å². The molecule has 3 heteroatoms. The molecule has 0 aromatic heterocycles. The molecule has 0 aliphatic carbocycles. The fourth-order valence-corrected chi connectivity index (χ4v) is 2.08. The van der Waals surface area contributed by atoms with Crippen molar-refractivity contribution in [3.8, 4) is 5.75 Å². The van der Waals surface area contributed by atoms with Crippen molar-refractivity contribution in [2.75, 3.05) is 0 Å². The van der Waals surface area contributed by atoms with Crippen LogP contribution in [0.2, 0.25) is 10.0 Å². The lowest BCUT2D eigenvalue weighted by Gasteiger charge is -2.23. The molecular weight excluding hydrogens is 219 g/mol. The molecule has 0 saturated carbocycles. The normalized spacial score (nSPS) is 11.4. The Hall–Kier alpha value is -0.660. The molecule has 0 aliphatic heterocycles. The summed E-state index contributed by atoms with van der Waals surface area (Å²) in [7, 11) is 0. The van der Waals surface area contributed by atoms with E-state index in [1.54, 1.807) is 12.1 Å². The van der Waals surface area contributed by atoms with Gasteiger partial charge in [-0.15, -0.1) is 6.58 Å². The third-order valence-corrected chi connectivity index (χ3v) is 2.90. The summed E-state index contributed by atoms with van der Waals surface area (Å²) in [6.45, 7) is 7.52. The minimum atomic E-state index is -0.394. The molecule has 1 rings (SSSR count). The first-order chi connectivity index (χ1) is 6.40. The zero-order valence-corrected chi connectivity index (χ0v) is 9.62. The molecule has 0 heterocycles. The second-order valence-electron chi connectivity index (χ2n) is 3.66. The maximum Gasteiger partial charge on any atom is 0.197 e. The Morgan fingerprint density at radius 2 is 1.93 bits per heavy atom. The Labute approximate surface area is 94.0 Å². The number of benzene rings is 1. The highest BCUT2D eigenvalue weighted by atomic mass is 35.5. The van der Waals surface area contributed by atoms with E-state index in [9.17, 15) is 5.11 Å². The first-order valence-corrected chi connectivity index (χ1v) is 4.95. The van der Waals surface area contributed by atoms with E-state index in [-0.39, 0.29) is 10.8 Å². The van der Waals surface area contributed by atoms with Crippen LogP contribution in [0.5, 0.6) is 5.75 Å². The average Bonchev–Trinajstić information content (AvgIpc) is 2.12. The van der Waals surface area contributed by atoms with Gasteiger partial charge in [-0.3, -0.25) is 5.11 Å². The highest BCUT2D eigenvalue weighted by molar-refractivity contribution is 6.37. The van der Waals surface area contributed by atoms with Crippen molar-refractivity contribution in [2.24, 2.45) is 0 Å². The van der Waals surface area contributed by atoms with Gasteiger partial charge in [-0.1, -0.05) is 43.1 Å². The van der Waals surface area contributed by atoms with Crippen LogP contribution in [0.4, 0.5) is 0 Å². The molecule has 0 unspecified atom stereocenters. The van der Waals surface area contributed by atoms with E-state index in [2.05, 4.69) is 6.58 Å². The van der Waals surface area contributed by atoms with Crippen LogP contribution < -0.4 is 0 Å². The maximum absolute atomic E-state index is 11.3. The molecular formula is C11H11Cl2O. The zero-order chi connectivity index (χ0) is 10.9. The lowest BCUT2D eigenvalue weighted by molar-refractivity contribution is 0.354. The van der Waals surface area contributed by atoms with Crippen LogP contribution in [-0.4, -0.2) is 0 Å². The molecule has 0 bridgehead atoms. The van der Waals surface area contributed by atoms with Gasteiger partial charge in [0, 0.05) is 16.0 Å². The van der Waals surface area contributed by atoms with Gasteiger partial charge in [-0.05, 0) is 12.1 Å². The number of hydrogen-bond acceptors (Lipinski definition) is 0. The number of halogens is 2. The van der Waals surface area contributed by atoms with E-state index in [4.69, 9.17) is 23.2 Å². The van der Waals surface area contributed by atoms with Gasteiger partial charge in [0.15, 0.2) is 5.75 Å². The molecule has 1 aromatic rings. The van der Waals surface area contributed by atoms with Gasteiger partial charge in [-0.25, -0.2) is 0 Å². The van der Waals surface area contributed by atoms with Gasteiger partial charge >= 0.3 is 0 Å². The summed E-state index contributed by atoms with van der Waals surface area (Å²) in [6.07, 6.45) is 1.72. The summed E-state index contributed by atoms with van der Waals surface area (Å²) in [5, 5.41) is 12.0. The van der Waals surface area contributed by atoms with E-state index >= 15 is 0 Å². The maximum atomic E-state index is 11.3. The van der Waals surface area contributed by atoms with Crippen molar-refractivity contribution in [2.45, 2.75) is 19.3 Å². The van der Waals surface area contributed by atoms with E-state index in [1.807, 2.05) is 13.8 Å². The molecule has 0 spiro atoms. The number of allylic oxidation sites excluding steroid dienone is 1. The van der Waals surface area contributed by atoms with E-state index in [0.29, 0.717) is 10.6 Å². The molecule has 0 atom stereocenters. The van der Waals surface area contributed by atoms with E-state index in [1.165, 1.54) is 6.07 Å². The van der Waals surface area contributed by atoms with Gasteiger partial charge in [-0.2, -0.15) is 0 Å². The first-order valence-electron chi connectivity index (χ1n) is 4.19.